The average Bonchev–Trinajstić information content (AvgIpc) is 2.00. The number of H-pyrrole nitrogens is 1. The predicted octanol–water partition coefficient (Wildman–Crippen LogP) is 0.973. The van der Waals surface area contributed by atoms with Gasteiger partial charge < -0.3 is 4.57 Å². The van der Waals surface area contributed by atoms with Crippen molar-refractivity contribution in [1.82, 2.24) is 9.55 Å². The molecule has 0 aromatic carbocycles. The molecule has 14 heavy (non-hydrogen) atoms. The van der Waals surface area contributed by atoms with Crippen LogP contribution in [0.5, 0.6) is 0 Å². The van der Waals surface area contributed by atoms with Crippen LogP contribution < -0.4 is 11.2 Å². The topological polar surface area (TPSA) is 54.9 Å². The van der Waals surface area contributed by atoms with Crippen molar-refractivity contribution < 1.29 is 0 Å². The zero-order valence-corrected chi connectivity index (χ0v) is 8.83. The average molecular weight is 196 g/mol. The molecule has 78 valence electrons. The van der Waals surface area contributed by atoms with Crippen LogP contribution in [-0.4, -0.2) is 9.55 Å². The van der Waals surface area contributed by atoms with Crippen molar-refractivity contribution in [2.24, 2.45) is 5.41 Å². The van der Waals surface area contributed by atoms with E-state index in [1.165, 1.54) is 16.8 Å². The quantitative estimate of drug-likeness (QED) is 0.766. The van der Waals surface area contributed by atoms with Gasteiger partial charge in [0.15, 0.2) is 0 Å². The summed E-state index contributed by atoms with van der Waals surface area (Å²) in [5.41, 5.74) is -0.487. The van der Waals surface area contributed by atoms with Gasteiger partial charge in [-0.3, -0.25) is 9.78 Å². The Kier molecular flexibility index (Phi) is 2.93. The Morgan fingerprint density at radius 3 is 2.50 bits per heavy atom. The molecule has 0 amide bonds. The van der Waals surface area contributed by atoms with E-state index in [0.29, 0.717) is 6.54 Å². The number of hydrogen-bond donors (Lipinski definition) is 1. The molecule has 0 aliphatic carbocycles. The summed E-state index contributed by atoms with van der Waals surface area (Å²) in [6, 6.07) is 1.37. The van der Waals surface area contributed by atoms with Crippen molar-refractivity contribution in [3.05, 3.63) is 33.1 Å². The van der Waals surface area contributed by atoms with Gasteiger partial charge in [-0.05, 0) is 11.8 Å². The fourth-order valence-electron chi connectivity index (χ4n) is 1.08. The second kappa shape index (κ2) is 3.82. The Morgan fingerprint density at radius 1 is 1.36 bits per heavy atom. The molecule has 4 heteroatoms. The van der Waals surface area contributed by atoms with E-state index in [0.717, 1.165) is 6.42 Å². The van der Waals surface area contributed by atoms with E-state index in [1.54, 1.807) is 0 Å². The van der Waals surface area contributed by atoms with E-state index >= 15 is 0 Å². The first-order valence-corrected chi connectivity index (χ1v) is 4.68. The van der Waals surface area contributed by atoms with Crippen LogP contribution >= 0.6 is 0 Å². The summed E-state index contributed by atoms with van der Waals surface area (Å²) in [6.07, 6.45) is 2.44. The van der Waals surface area contributed by atoms with Crippen LogP contribution in [0.3, 0.4) is 0 Å². The van der Waals surface area contributed by atoms with Crippen molar-refractivity contribution >= 4 is 0 Å². The number of aromatic nitrogens is 2. The second-order valence-electron chi connectivity index (χ2n) is 4.61. The smallest absolute Gasteiger partial charge is 0.301 e. The van der Waals surface area contributed by atoms with E-state index in [4.69, 9.17) is 0 Å². The molecule has 0 aliphatic heterocycles. The fraction of sp³-hybridized carbons (Fsp3) is 0.600. The van der Waals surface area contributed by atoms with Crippen molar-refractivity contribution in [3.63, 3.8) is 0 Å². The minimum atomic E-state index is -0.345. The number of rotatable bonds is 2. The Bertz CT molecular complexity index is 409. The molecule has 0 saturated carbocycles. The highest BCUT2D eigenvalue weighted by Crippen LogP contribution is 2.18. The molecule has 0 spiro atoms. The van der Waals surface area contributed by atoms with Crippen molar-refractivity contribution in [2.45, 2.75) is 33.7 Å². The van der Waals surface area contributed by atoms with Gasteiger partial charge in [-0.1, -0.05) is 20.8 Å². The van der Waals surface area contributed by atoms with E-state index in [-0.39, 0.29) is 16.7 Å². The van der Waals surface area contributed by atoms with Crippen LogP contribution in [0, 0.1) is 5.41 Å². The van der Waals surface area contributed by atoms with Gasteiger partial charge in [-0.25, -0.2) is 4.79 Å². The van der Waals surface area contributed by atoms with Gasteiger partial charge in [0.05, 0.1) is 0 Å². The third kappa shape index (κ3) is 3.20. The number of nitrogens with one attached hydrogen (secondary N) is 1. The number of hydrogen-bond acceptors (Lipinski definition) is 2. The summed E-state index contributed by atoms with van der Waals surface area (Å²) in [6.45, 7) is 6.98. The molecule has 0 bridgehead atoms. The maximum Gasteiger partial charge on any atom is 0.328 e. The molecule has 1 aromatic rings. The zero-order chi connectivity index (χ0) is 10.8. The van der Waals surface area contributed by atoms with Gasteiger partial charge in [0.1, 0.15) is 0 Å². The van der Waals surface area contributed by atoms with Gasteiger partial charge in [-0.2, -0.15) is 0 Å². The number of aryl methyl sites for hydroxylation is 1. The van der Waals surface area contributed by atoms with Gasteiger partial charge in [0, 0.05) is 18.8 Å². The Balaban J connectivity index is 2.79. The van der Waals surface area contributed by atoms with Gasteiger partial charge >= 0.3 is 5.69 Å². The summed E-state index contributed by atoms with van der Waals surface area (Å²) in [7, 11) is 0. The summed E-state index contributed by atoms with van der Waals surface area (Å²) in [4.78, 5) is 24.3. The largest absolute Gasteiger partial charge is 0.328 e. The molecular formula is C10H16N2O2. The zero-order valence-electron chi connectivity index (χ0n) is 8.83. The maximum atomic E-state index is 11.3. The van der Waals surface area contributed by atoms with Crippen LogP contribution in [0.25, 0.3) is 0 Å². The maximum absolute atomic E-state index is 11.3. The van der Waals surface area contributed by atoms with Gasteiger partial charge in [0.25, 0.3) is 5.56 Å². The Labute approximate surface area is 82.6 Å². The highest BCUT2D eigenvalue weighted by molar-refractivity contribution is 4.82. The van der Waals surface area contributed by atoms with Crippen LogP contribution in [0.4, 0.5) is 0 Å². The lowest BCUT2D eigenvalue weighted by atomic mass is 9.92. The van der Waals surface area contributed by atoms with Crippen molar-refractivity contribution in [2.75, 3.05) is 0 Å². The molecule has 0 unspecified atom stereocenters. The minimum absolute atomic E-state index is 0.190. The summed E-state index contributed by atoms with van der Waals surface area (Å²) >= 11 is 0. The second-order valence-corrected chi connectivity index (χ2v) is 4.61. The summed E-state index contributed by atoms with van der Waals surface area (Å²) < 4.78 is 1.52. The van der Waals surface area contributed by atoms with Crippen LogP contribution in [0.15, 0.2) is 21.9 Å². The van der Waals surface area contributed by atoms with E-state index in [9.17, 15) is 9.59 Å². The van der Waals surface area contributed by atoms with Gasteiger partial charge in [0.2, 0.25) is 0 Å². The first-order chi connectivity index (χ1) is 6.38. The molecule has 1 N–H and O–H groups in total. The monoisotopic (exact) mass is 196 g/mol. The van der Waals surface area contributed by atoms with Crippen LogP contribution in [0.2, 0.25) is 0 Å². The highest BCUT2D eigenvalue weighted by Gasteiger charge is 2.10. The third-order valence-corrected chi connectivity index (χ3v) is 2.00. The lowest BCUT2D eigenvalue weighted by Crippen LogP contribution is -2.29. The van der Waals surface area contributed by atoms with E-state index < -0.39 is 0 Å². The third-order valence-electron chi connectivity index (χ3n) is 2.00. The van der Waals surface area contributed by atoms with Crippen LogP contribution in [-0.2, 0) is 6.54 Å². The molecule has 0 radical (unpaired) electrons. The Hall–Kier alpha value is -1.32. The lowest BCUT2D eigenvalue weighted by Gasteiger charge is -2.18. The summed E-state index contributed by atoms with van der Waals surface area (Å²) in [5.74, 6) is 0. The van der Waals surface area contributed by atoms with Crippen molar-refractivity contribution in [3.8, 4) is 0 Å². The highest BCUT2D eigenvalue weighted by atomic mass is 16.2. The van der Waals surface area contributed by atoms with Crippen molar-refractivity contribution in [1.29, 1.82) is 0 Å². The molecule has 4 nitrogen and oxygen atoms in total. The van der Waals surface area contributed by atoms with E-state index in [2.05, 4.69) is 25.8 Å². The molecule has 1 aromatic heterocycles. The van der Waals surface area contributed by atoms with Crippen LogP contribution in [0.1, 0.15) is 27.2 Å². The first-order valence-electron chi connectivity index (χ1n) is 4.68. The van der Waals surface area contributed by atoms with E-state index in [1.807, 2.05) is 0 Å². The minimum Gasteiger partial charge on any atom is -0.301 e. The lowest BCUT2D eigenvalue weighted by molar-refractivity contribution is 0.346. The predicted molar refractivity (Wildman–Crippen MR) is 55.4 cm³/mol. The SMILES string of the molecule is CC(C)(C)CCn1ccc(=O)[nH]c1=O. The fourth-order valence-corrected chi connectivity index (χ4v) is 1.08. The molecule has 0 atom stereocenters. The molecule has 0 fully saturated rings. The standard InChI is InChI=1S/C10H16N2O2/c1-10(2,3)5-7-12-6-4-8(13)11-9(12)14/h4,6H,5,7H2,1-3H3,(H,11,13,14). The Morgan fingerprint density at radius 2 is 2.00 bits per heavy atom. The molecule has 1 rings (SSSR count). The molecule has 1 heterocycles. The normalized spacial score (nSPS) is 11.6. The first kappa shape index (κ1) is 10.8. The number of aromatic amines is 1. The molecule has 0 saturated heterocycles. The van der Waals surface area contributed by atoms with Gasteiger partial charge in [-0.15, -0.1) is 0 Å². The summed E-state index contributed by atoms with van der Waals surface area (Å²) in [5, 5.41) is 0. The molecule has 0 aliphatic rings. The number of nitrogens with zero attached hydrogens (tertiary/aromatic N) is 1. The molecular weight excluding hydrogens is 180 g/mol.